The van der Waals surface area contributed by atoms with E-state index in [1.54, 1.807) is 53.0 Å². The molecule has 0 saturated carbocycles. The van der Waals surface area contributed by atoms with Crippen molar-refractivity contribution in [2.24, 2.45) is 0 Å². The Hall–Kier alpha value is -2.97. The third-order valence-electron chi connectivity index (χ3n) is 3.80. The number of hydrogen-bond donors (Lipinski definition) is 1. The fourth-order valence-electron chi connectivity index (χ4n) is 2.53. The van der Waals surface area contributed by atoms with Gasteiger partial charge in [-0.1, -0.05) is 29.4 Å². The zero-order valence-corrected chi connectivity index (χ0v) is 15.9. The molecule has 0 radical (unpaired) electrons. The Bertz CT molecular complexity index is 1150. The summed E-state index contributed by atoms with van der Waals surface area (Å²) in [5, 5.41) is 16.7. The zero-order chi connectivity index (χ0) is 19.5. The van der Waals surface area contributed by atoms with Crippen LogP contribution in [0.1, 0.15) is 0 Å². The number of fused-ring (bicyclic) bond motifs is 1. The molecule has 2 heterocycles. The molecule has 0 saturated heterocycles. The number of halogens is 2. The molecular weight excluding hydrogens is 401 g/mol. The van der Waals surface area contributed by atoms with Crippen LogP contribution in [0.25, 0.3) is 17.0 Å². The molecule has 4 rings (SSSR count). The smallest absolute Gasteiger partial charge is 0.234 e. The van der Waals surface area contributed by atoms with Gasteiger partial charge in [-0.2, -0.15) is 9.61 Å². The van der Waals surface area contributed by atoms with Crippen molar-refractivity contribution in [3.63, 3.8) is 0 Å². The maximum atomic E-state index is 13.2. The monoisotopic (exact) mass is 413 g/mol. The number of thioether (sulfide) groups is 1. The van der Waals surface area contributed by atoms with Gasteiger partial charge in [0.15, 0.2) is 11.5 Å². The fourth-order valence-corrected chi connectivity index (χ4v) is 3.38. The fraction of sp³-hybridized carbons (Fsp3) is 0.0526. The van der Waals surface area contributed by atoms with Crippen LogP contribution in [0.15, 0.2) is 65.7 Å². The van der Waals surface area contributed by atoms with Crippen molar-refractivity contribution < 1.29 is 9.18 Å². The Morgan fingerprint density at radius 2 is 1.93 bits per heavy atom. The second-order valence-corrected chi connectivity index (χ2v) is 7.25. The number of carbonyl (C=O) groups is 1. The second kappa shape index (κ2) is 7.95. The highest BCUT2D eigenvalue weighted by atomic mass is 35.5. The summed E-state index contributed by atoms with van der Waals surface area (Å²) in [4.78, 5) is 12.2. The molecule has 0 unspecified atom stereocenters. The van der Waals surface area contributed by atoms with Crippen molar-refractivity contribution in [3.8, 4) is 11.4 Å². The predicted octanol–water partition coefficient (Wildman–Crippen LogP) is 4.31. The maximum Gasteiger partial charge on any atom is 0.234 e. The van der Waals surface area contributed by atoms with E-state index in [-0.39, 0.29) is 17.5 Å². The summed E-state index contributed by atoms with van der Waals surface area (Å²) in [5.41, 5.74) is 1.90. The van der Waals surface area contributed by atoms with E-state index in [1.807, 2.05) is 0 Å². The largest absolute Gasteiger partial charge is 0.325 e. The van der Waals surface area contributed by atoms with Gasteiger partial charge in [-0.05, 0) is 54.6 Å². The lowest BCUT2D eigenvalue weighted by Crippen LogP contribution is -2.14. The summed E-state index contributed by atoms with van der Waals surface area (Å²) >= 11 is 7.20. The van der Waals surface area contributed by atoms with Gasteiger partial charge in [0, 0.05) is 16.3 Å². The third-order valence-corrected chi connectivity index (χ3v) is 4.96. The van der Waals surface area contributed by atoms with E-state index >= 15 is 0 Å². The van der Waals surface area contributed by atoms with Crippen LogP contribution in [0.4, 0.5) is 10.1 Å². The Labute approximate surface area is 168 Å². The molecule has 2 aromatic carbocycles. The molecule has 6 nitrogen and oxygen atoms in total. The van der Waals surface area contributed by atoms with Crippen molar-refractivity contribution in [3.05, 3.63) is 71.5 Å². The quantitative estimate of drug-likeness (QED) is 0.493. The topological polar surface area (TPSA) is 72.2 Å². The molecule has 0 fully saturated rings. The molecule has 9 heteroatoms. The lowest BCUT2D eigenvalue weighted by molar-refractivity contribution is -0.113. The SMILES string of the molecule is O=C(CSc1ccc2nnc(-c3ccc(F)cc3)n2n1)Nc1cccc(Cl)c1. The van der Waals surface area contributed by atoms with Gasteiger partial charge in [0.2, 0.25) is 5.91 Å². The summed E-state index contributed by atoms with van der Waals surface area (Å²) in [6, 6.07) is 16.4. The van der Waals surface area contributed by atoms with Crippen LogP contribution < -0.4 is 5.32 Å². The highest BCUT2D eigenvalue weighted by Crippen LogP contribution is 2.21. The van der Waals surface area contributed by atoms with Crippen LogP contribution >= 0.6 is 23.4 Å². The molecular formula is C19H13ClFN5OS. The number of amides is 1. The van der Waals surface area contributed by atoms with Crippen molar-refractivity contribution in [2.75, 3.05) is 11.1 Å². The minimum Gasteiger partial charge on any atom is -0.325 e. The highest BCUT2D eigenvalue weighted by molar-refractivity contribution is 7.99. The van der Waals surface area contributed by atoms with Gasteiger partial charge in [-0.25, -0.2) is 4.39 Å². The van der Waals surface area contributed by atoms with E-state index in [4.69, 9.17) is 11.6 Å². The summed E-state index contributed by atoms with van der Waals surface area (Å²) in [7, 11) is 0. The summed E-state index contributed by atoms with van der Waals surface area (Å²) < 4.78 is 14.7. The van der Waals surface area contributed by atoms with E-state index in [0.717, 1.165) is 0 Å². The molecule has 0 spiro atoms. The van der Waals surface area contributed by atoms with Gasteiger partial charge in [0.25, 0.3) is 0 Å². The zero-order valence-electron chi connectivity index (χ0n) is 14.3. The number of benzene rings is 2. The van der Waals surface area contributed by atoms with Gasteiger partial charge in [0.1, 0.15) is 10.8 Å². The summed E-state index contributed by atoms with van der Waals surface area (Å²) in [6.45, 7) is 0. The van der Waals surface area contributed by atoms with Gasteiger partial charge in [0.05, 0.1) is 5.75 Å². The minimum atomic E-state index is -0.326. The molecule has 0 bridgehead atoms. The molecule has 140 valence electrons. The molecule has 0 aliphatic carbocycles. The Kier molecular flexibility index (Phi) is 5.23. The van der Waals surface area contributed by atoms with Crippen LogP contribution in [0.3, 0.4) is 0 Å². The number of rotatable bonds is 5. The second-order valence-electron chi connectivity index (χ2n) is 5.82. The summed E-state index contributed by atoms with van der Waals surface area (Å²) in [5.74, 6) is 0.184. The first-order valence-electron chi connectivity index (χ1n) is 8.25. The average molecular weight is 414 g/mol. The number of anilines is 1. The molecule has 0 aliphatic heterocycles. The first kappa shape index (κ1) is 18.4. The Morgan fingerprint density at radius 1 is 1.11 bits per heavy atom. The standard InChI is InChI=1S/C19H13ClFN5OS/c20-13-2-1-3-15(10-13)22-17(27)11-28-18-9-8-16-23-24-19(26(16)25-18)12-4-6-14(21)7-5-12/h1-10H,11H2,(H,22,27). The van der Waals surface area contributed by atoms with E-state index in [9.17, 15) is 9.18 Å². The number of nitrogens with zero attached hydrogens (tertiary/aromatic N) is 4. The van der Waals surface area contributed by atoms with Crippen molar-refractivity contribution in [2.45, 2.75) is 5.03 Å². The Balaban J connectivity index is 1.49. The van der Waals surface area contributed by atoms with E-state index in [0.29, 0.717) is 32.8 Å². The number of carbonyl (C=O) groups excluding carboxylic acids is 1. The summed E-state index contributed by atoms with van der Waals surface area (Å²) in [6.07, 6.45) is 0. The van der Waals surface area contributed by atoms with E-state index in [1.165, 1.54) is 23.9 Å². The molecule has 1 amide bonds. The van der Waals surface area contributed by atoms with Crippen LogP contribution in [0, 0.1) is 5.82 Å². The van der Waals surface area contributed by atoms with Crippen molar-refractivity contribution in [1.29, 1.82) is 0 Å². The van der Waals surface area contributed by atoms with Crippen molar-refractivity contribution >= 4 is 40.6 Å². The van der Waals surface area contributed by atoms with E-state index < -0.39 is 0 Å². The van der Waals surface area contributed by atoms with E-state index in [2.05, 4.69) is 20.6 Å². The van der Waals surface area contributed by atoms with Gasteiger partial charge in [-0.3, -0.25) is 4.79 Å². The molecule has 0 atom stereocenters. The third kappa shape index (κ3) is 4.13. The van der Waals surface area contributed by atoms with Crippen LogP contribution in [-0.2, 0) is 4.79 Å². The lowest BCUT2D eigenvalue weighted by atomic mass is 10.2. The first-order valence-corrected chi connectivity index (χ1v) is 9.61. The highest BCUT2D eigenvalue weighted by Gasteiger charge is 2.11. The van der Waals surface area contributed by atoms with Crippen LogP contribution in [0.2, 0.25) is 5.02 Å². The lowest BCUT2D eigenvalue weighted by Gasteiger charge is -2.06. The minimum absolute atomic E-state index is 0.170. The molecule has 2 aromatic heterocycles. The maximum absolute atomic E-state index is 13.2. The predicted molar refractivity (Wildman–Crippen MR) is 107 cm³/mol. The number of hydrogen-bond acceptors (Lipinski definition) is 5. The van der Waals surface area contributed by atoms with Crippen molar-refractivity contribution in [1.82, 2.24) is 19.8 Å². The molecule has 4 aromatic rings. The van der Waals surface area contributed by atoms with Gasteiger partial charge >= 0.3 is 0 Å². The number of aromatic nitrogens is 4. The molecule has 0 aliphatic rings. The normalized spacial score (nSPS) is 10.9. The van der Waals surface area contributed by atoms with Crippen LogP contribution in [0.5, 0.6) is 0 Å². The van der Waals surface area contributed by atoms with Gasteiger partial charge in [-0.15, -0.1) is 10.2 Å². The molecule has 1 N–H and O–H groups in total. The molecule has 28 heavy (non-hydrogen) atoms. The number of nitrogens with one attached hydrogen (secondary N) is 1. The first-order chi connectivity index (χ1) is 13.6. The Morgan fingerprint density at radius 3 is 2.71 bits per heavy atom. The average Bonchev–Trinajstić information content (AvgIpc) is 3.10. The van der Waals surface area contributed by atoms with Crippen LogP contribution in [-0.4, -0.2) is 31.5 Å². The van der Waals surface area contributed by atoms with Gasteiger partial charge < -0.3 is 5.32 Å².